The van der Waals surface area contributed by atoms with E-state index in [1.54, 1.807) is 12.1 Å². The highest BCUT2D eigenvalue weighted by atomic mass is 35.5. The summed E-state index contributed by atoms with van der Waals surface area (Å²) in [5, 5.41) is 13.8. The highest BCUT2D eigenvalue weighted by Gasteiger charge is 2.29. The van der Waals surface area contributed by atoms with Crippen molar-refractivity contribution in [2.45, 2.75) is 31.7 Å². The molecule has 0 radical (unpaired) electrons. The number of halogens is 2. The molecule has 1 aromatic heterocycles. The molecular formula is C18H20Cl2N4O3S. The van der Waals surface area contributed by atoms with Gasteiger partial charge in [-0.25, -0.2) is 8.42 Å². The second kappa shape index (κ2) is 7.65. The number of amides is 1. The van der Waals surface area contributed by atoms with Gasteiger partial charge in [-0.1, -0.05) is 36.0 Å². The number of carbonyl (C=O) groups excluding carboxylic acids is 1. The van der Waals surface area contributed by atoms with Crippen molar-refractivity contribution in [3.63, 3.8) is 0 Å². The molecule has 1 aliphatic carbocycles. The Morgan fingerprint density at radius 1 is 1.04 bits per heavy atom. The number of nitrogens with one attached hydrogen (secondary N) is 1. The van der Waals surface area contributed by atoms with Gasteiger partial charge in [0.2, 0.25) is 0 Å². The smallest absolute Gasteiger partial charge is 0.275 e. The van der Waals surface area contributed by atoms with Crippen molar-refractivity contribution in [1.29, 1.82) is 0 Å². The minimum absolute atomic E-state index is 0.0436. The van der Waals surface area contributed by atoms with Crippen molar-refractivity contribution in [3.8, 4) is 0 Å². The Morgan fingerprint density at radius 3 is 2.29 bits per heavy atom. The highest BCUT2D eigenvalue weighted by Crippen LogP contribution is 2.34. The quantitative estimate of drug-likeness (QED) is 0.784. The minimum Gasteiger partial charge on any atom is -0.365 e. The molecule has 10 heteroatoms. The molecule has 0 spiro atoms. The second-order valence-electron chi connectivity index (χ2n) is 7.28. The summed E-state index contributed by atoms with van der Waals surface area (Å²) >= 11 is 12.4. The van der Waals surface area contributed by atoms with Gasteiger partial charge >= 0.3 is 0 Å². The van der Waals surface area contributed by atoms with Gasteiger partial charge in [-0.3, -0.25) is 4.79 Å². The number of benzene rings is 1. The Labute approximate surface area is 173 Å². The Hall–Kier alpha value is -1.64. The second-order valence-corrected chi connectivity index (χ2v) is 10.4. The van der Waals surface area contributed by atoms with E-state index in [1.807, 2.05) is 0 Å². The number of hydrogen-bond acceptors (Lipinski definition) is 6. The number of anilines is 1. The average molecular weight is 443 g/mol. The number of nitrogens with zero attached hydrogens (tertiary/aromatic N) is 3. The van der Waals surface area contributed by atoms with Crippen LogP contribution in [0.4, 0.5) is 5.82 Å². The van der Waals surface area contributed by atoms with Crippen LogP contribution in [-0.2, 0) is 9.84 Å². The normalized spacial score (nSPS) is 19.9. The van der Waals surface area contributed by atoms with Crippen LogP contribution in [-0.4, -0.2) is 60.1 Å². The van der Waals surface area contributed by atoms with Crippen molar-refractivity contribution in [2.75, 3.05) is 29.9 Å². The van der Waals surface area contributed by atoms with Crippen LogP contribution in [0.1, 0.15) is 36.2 Å². The lowest BCUT2D eigenvalue weighted by Gasteiger charge is -2.26. The summed E-state index contributed by atoms with van der Waals surface area (Å²) in [6.07, 6.45) is 4.47. The third-order valence-electron chi connectivity index (χ3n) is 5.35. The van der Waals surface area contributed by atoms with Crippen LogP contribution in [0.3, 0.4) is 0 Å². The monoisotopic (exact) mass is 442 g/mol. The van der Waals surface area contributed by atoms with Crippen LogP contribution < -0.4 is 5.32 Å². The Bertz CT molecular complexity index is 1020. The van der Waals surface area contributed by atoms with Gasteiger partial charge in [0.25, 0.3) is 5.91 Å². The SMILES string of the molecule is O=C(c1nnc(NC2CCCC2)c2cc(Cl)c(Cl)cc12)N1CCS(=O)(=O)CC1. The van der Waals surface area contributed by atoms with Crippen molar-refractivity contribution in [1.82, 2.24) is 15.1 Å². The molecule has 28 heavy (non-hydrogen) atoms. The Kier molecular flexibility index (Phi) is 5.37. The molecule has 1 aliphatic heterocycles. The van der Waals surface area contributed by atoms with Crippen LogP contribution in [0.5, 0.6) is 0 Å². The lowest BCUT2D eigenvalue weighted by Crippen LogP contribution is -2.44. The van der Waals surface area contributed by atoms with E-state index < -0.39 is 9.84 Å². The van der Waals surface area contributed by atoms with E-state index in [1.165, 1.54) is 17.7 Å². The maximum atomic E-state index is 13.0. The first-order valence-electron chi connectivity index (χ1n) is 9.26. The van der Waals surface area contributed by atoms with Crippen molar-refractivity contribution in [2.24, 2.45) is 0 Å². The standard InChI is InChI=1S/C18H20Cl2N4O3S/c19-14-9-12-13(10-15(14)20)17(21-11-3-1-2-4-11)23-22-16(12)18(25)24-5-7-28(26,27)8-6-24/h9-11H,1-8H2,(H,21,23). The van der Waals surface area contributed by atoms with Gasteiger partial charge in [-0.15, -0.1) is 10.2 Å². The first kappa shape index (κ1) is 19.7. The average Bonchev–Trinajstić information content (AvgIpc) is 3.16. The minimum atomic E-state index is -3.08. The zero-order valence-electron chi connectivity index (χ0n) is 15.1. The summed E-state index contributed by atoms with van der Waals surface area (Å²) in [4.78, 5) is 14.5. The zero-order chi connectivity index (χ0) is 19.9. The summed E-state index contributed by atoms with van der Waals surface area (Å²) in [6, 6.07) is 3.64. The third-order valence-corrected chi connectivity index (χ3v) is 7.68. The summed E-state index contributed by atoms with van der Waals surface area (Å²) < 4.78 is 23.3. The highest BCUT2D eigenvalue weighted by molar-refractivity contribution is 7.91. The lowest BCUT2D eigenvalue weighted by atomic mass is 10.1. The fraction of sp³-hybridized carbons (Fsp3) is 0.500. The fourth-order valence-electron chi connectivity index (χ4n) is 3.74. The molecule has 150 valence electrons. The first-order chi connectivity index (χ1) is 13.3. The molecule has 4 rings (SSSR count). The van der Waals surface area contributed by atoms with E-state index in [4.69, 9.17) is 23.2 Å². The van der Waals surface area contributed by atoms with Crippen LogP contribution >= 0.6 is 23.2 Å². The predicted octanol–water partition coefficient (Wildman–Crippen LogP) is 3.16. The van der Waals surface area contributed by atoms with Gasteiger partial charge in [0, 0.05) is 29.9 Å². The maximum absolute atomic E-state index is 13.0. The summed E-state index contributed by atoms with van der Waals surface area (Å²) in [5.74, 6) is 0.146. The molecule has 0 bridgehead atoms. The largest absolute Gasteiger partial charge is 0.365 e. The predicted molar refractivity (Wildman–Crippen MR) is 110 cm³/mol. The number of sulfone groups is 1. The van der Waals surface area contributed by atoms with E-state index in [2.05, 4.69) is 15.5 Å². The summed E-state index contributed by atoms with van der Waals surface area (Å²) in [5.41, 5.74) is 0.157. The van der Waals surface area contributed by atoms with Crippen LogP contribution in [0, 0.1) is 0 Å². The van der Waals surface area contributed by atoms with Gasteiger partial charge in [0.05, 0.1) is 21.6 Å². The van der Waals surface area contributed by atoms with Gasteiger partial charge < -0.3 is 10.2 Å². The fourth-order valence-corrected chi connectivity index (χ4v) is 5.27. The number of rotatable bonds is 3. The molecule has 0 atom stereocenters. The van der Waals surface area contributed by atoms with E-state index in [0.29, 0.717) is 32.7 Å². The number of hydrogen-bond donors (Lipinski definition) is 1. The van der Waals surface area contributed by atoms with Crippen molar-refractivity contribution in [3.05, 3.63) is 27.9 Å². The molecule has 7 nitrogen and oxygen atoms in total. The van der Waals surface area contributed by atoms with Crippen LogP contribution in [0.2, 0.25) is 10.0 Å². The third kappa shape index (κ3) is 3.90. The van der Waals surface area contributed by atoms with Crippen LogP contribution in [0.15, 0.2) is 12.1 Å². The molecule has 2 aliphatic rings. The summed E-state index contributed by atoms with van der Waals surface area (Å²) in [6.45, 7) is 0.293. The van der Waals surface area contributed by atoms with E-state index in [0.717, 1.165) is 12.8 Å². The molecule has 2 fully saturated rings. The van der Waals surface area contributed by atoms with E-state index >= 15 is 0 Å². The number of aromatic nitrogens is 2. The number of fused-ring (bicyclic) bond motifs is 1. The van der Waals surface area contributed by atoms with Gasteiger partial charge in [-0.2, -0.15) is 0 Å². The molecule has 1 amide bonds. The molecule has 0 unspecified atom stereocenters. The Morgan fingerprint density at radius 2 is 1.64 bits per heavy atom. The van der Waals surface area contributed by atoms with E-state index in [9.17, 15) is 13.2 Å². The molecular weight excluding hydrogens is 423 g/mol. The molecule has 1 saturated carbocycles. The van der Waals surface area contributed by atoms with Gasteiger partial charge in [-0.05, 0) is 25.0 Å². The molecule has 1 aromatic carbocycles. The van der Waals surface area contributed by atoms with E-state index in [-0.39, 0.29) is 36.2 Å². The van der Waals surface area contributed by atoms with Crippen molar-refractivity contribution < 1.29 is 13.2 Å². The maximum Gasteiger partial charge on any atom is 0.275 e. The molecule has 1 saturated heterocycles. The van der Waals surface area contributed by atoms with Gasteiger partial charge in [0.1, 0.15) is 0 Å². The topological polar surface area (TPSA) is 92.3 Å². The molecule has 1 N–H and O–H groups in total. The zero-order valence-corrected chi connectivity index (χ0v) is 17.4. The Balaban J connectivity index is 1.72. The van der Waals surface area contributed by atoms with Crippen LogP contribution in [0.25, 0.3) is 10.8 Å². The lowest BCUT2D eigenvalue weighted by molar-refractivity contribution is 0.0765. The molecule has 2 aromatic rings. The van der Waals surface area contributed by atoms with Crippen molar-refractivity contribution >= 4 is 55.5 Å². The number of carbonyl (C=O) groups is 1. The molecule has 2 heterocycles. The summed E-state index contributed by atoms with van der Waals surface area (Å²) in [7, 11) is -3.08. The van der Waals surface area contributed by atoms with Gasteiger partial charge in [0.15, 0.2) is 21.3 Å². The first-order valence-corrected chi connectivity index (χ1v) is 11.8.